The Morgan fingerprint density at radius 1 is 0.490 bits per heavy atom. The lowest BCUT2D eigenvalue weighted by Gasteiger charge is -2.33. The van der Waals surface area contributed by atoms with Gasteiger partial charge in [-0.1, -0.05) is 128 Å². The molecule has 7 amide bonds. The predicted octanol–water partition coefficient (Wildman–Crippen LogP) is 5.47. The van der Waals surface area contributed by atoms with Gasteiger partial charge in [-0.2, -0.15) is 0 Å². The van der Waals surface area contributed by atoms with E-state index in [9.17, 15) is 38.4 Å². The van der Waals surface area contributed by atoms with Gasteiger partial charge in [-0.25, -0.2) is 0 Å². The quantitative estimate of drug-likeness (QED) is 0.0250. The second-order valence-corrected chi connectivity index (χ2v) is 25.9. The lowest BCUT2D eigenvalue weighted by molar-refractivity contribution is -0.144. The fourth-order valence-electron chi connectivity index (χ4n) is 13.9. The second kappa shape index (κ2) is 39.7. The van der Waals surface area contributed by atoms with Crippen molar-refractivity contribution >= 4 is 47.1 Å². The van der Waals surface area contributed by atoms with E-state index < -0.39 is 54.2 Å². The summed E-state index contributed by atoms with van der Waals surface area (Å²) in [7, 11) is 3.43. The molecule has 0 aromatic heterocycles. The summed E-state index contributed by atoms with van der Waals surface area (Å²) in [5.41, 5.74) is 3.58. The molecule has 4 aromatic carbocycles. The first-order chi connectivity index (χ1) is 46.8. The van der Waals surface area contributed by atoms with E-state index in [1.165, 1.54) is 0 Å². The van der Waals surface area contributed by atoms with E-state index in [0.29, 0.717) is 167 Å². The number of likely N-dealkylation sites (N-methyl/N-ethyl adjacent to an activating group) is 2. The lowest BCUT2D eigenvalue weighted by Crippen LogP contribution is -2.58. The molecule has 0 spiro atoms. The Bertz CT molecular complexity index is 3060. The molecule has 0 aliphatic carbocycles. The minimum Gasteiger partial charge on any atom is -0.379 e. The Morgan fingerprint density at radius 3 is 1.41 bits per heavy atom. The van der Waals surface area contributed by atoms with Crippen LogP contribution in [0.4, 0.5) is 0 Å². The van der Waals surface area contributed by atoms with Gasteiger partial charge < -0.3 is 71.9 Å². The summed E-state index contributed by atoms with van der Waals surface area (Å²) < 4.78 is 17.4. The van der Waals surface area contributed by atoms with Gasteiger partial charge in [-0.05, 0) is 158 Å². The van der Waals surface area contributed by atoms with Crippen LogP contribution in [-0.4, -0.2) is 179 Å². The molecule has 8 rings (SSSR count). The highest BCUT2D eigenvalue weighted by atomic mass is 16.5. The number of amides is 7. The van der Waals surface area contributed by atoms with Crippen LogP contribution in [0, 0.1) is 11.8 Å². The van der Waals surface area contributed by atoms with Gasteiger partial charge in [0.2, 0.25) is 41.4 Å². The third kappa shape index (κ3) is 21.8. The number of hydrogen-bond acceptors (Lipinski definition) is 15. The van der Waals surface area contributed by atoms with Gasteiger partial charge in [0.1, 0.15) is 36.3 Å². The highest BCUT2D eigenvalue weighted by molar-refractivity contribution is 5.97. The Labute approximate surface area is 567 Å². The number of ketones is 1. The average Bonchev–Trinajstić information content (AvgIpc) is 1.65. The van der Waals surface area contributed by atoms with Gasteiger partial charge >= 0.3 is 0 Å². The van der Waals surface area contributed by atoms with E-state index in [0.717, 1.165) is 17.5 Å². The Balaban J connectivity index is 0.724. The van der Waals surface area contributed by atoms with E-state index in [4.69, 9.17) is 14.2 Å². The van der Waals surface area contributed by atoms with Crippen LogP contribution < -0.4 is 47.9 Å². The first-order valence-electron chi connectivity index (χ1n) is 35.1. The van der Waals surface area contributed by atoms with Crippen LogP contribution in [0.15, 0.2) is 121 Å². The zero-order valence-electron chi connectivity index (χ0n) is 56.7. The highest BCUT2D eigenvalue weighted by Crippen LogP contribution is 2.37. The lowest BCUT2D eigenvalue weighted by atomic mass is 9.90. The van der Waals surface area contributed by atoms with Gasteiger partial charge in [0.15, 0.2) is 5.78 Å². The number of carbonyl (C=O) groups excluding carboxylic acids is 8. The van der Waals surface area contributed by atoms with E-state index >= 15 is 0 Å². The molecule has 522 valence electrons. The van der Waals surface area contributed by atoms with E-state index in [1.54, 1.807) is 43.0 Å². The number of Topliss-reactive ketones (excluding diaryl/α,β-unsaturated/α-hetero) is 1. The smallest absolute Gasteiger partial charge is 0.247 e. The summed E-state index contributed by atoms with van der Waals surface area (Å²) >= 11 is 0. The SMILES string of the molecule is CC[C@H](NC)C(=O)N[C@@H]1C(=O)N2[C@@H](CC[C@@H]1CCNCc1ccccc1)CC[C@H]2C(=O)N[C@H](C(=O)CCCCOCCOCCOCCCNC(=O)[C@@H](NC(=O)[C@@H]1CC[C@@H]2CC[C@H](CCNCc3ccccc3)[C@H](NC(=O)[C@H](C)NC)C(=O)N21)c1ccccc1)c1ccccc1. The Morgan fingerprint density at radius 2 is 0.927 bits per heavy atom. The summed E-state index contributed by atoms with van der Waals surface area (Å²) in [4.78, 5) is 116. The normalized spacial score (nSPS) is 22.1. The molecule has 0 unspecified atom stereocenters. The first-order valence-corrected chi connectivity index (χ1v) is 35.1. The zero-order valence-corrected chi connectivity index (χ0v) is 56.7. The van der Waals surface area contributed by atoms with Crippen LogP contribution >= 0.6 is 0 Å². The van der Waals surface area contributed by atoms with E-state index in [2.05, 4.69) is 72.1 Å². The maximum Gasteiger partial charge on any atom is 0.247 e. The molecule has 4 heterocycles. The van der Waals surface area contributed by atoms with Crippen LogP contribution in [0.25, 0.3) is 0 Å². The predicted molar refractivity (Wildman–Crippen MR) is 367 cm³/mol. The minimum atomic E-state index is -1.01. The average molecular weight is 1320 g/mol. The number of benzene rings is 4. The summed E-state index contributed by atoms with van der Waals surface area (Å²) in [5, 5.41) is 28.2. The van der Waals surface area contributed by atoms with Crippen molar-refractivity contribution in [3.8, 4) is 0 Å². The zero-order chi connectivity index (χ0) is 68.0. The van der Waals surface area contributed by atoms with E-state index in [1.807, 2.05) is 91.9 Å². The molecule has 4 aromatic rings. The van der Waals surface area contributed by atoms with Crippen molar-refractivity contribution in [1.82, 2.24) is 57.7 Å². The van der Waals surface area contributed by atoms with E-state index in [-0.39, 0.29) is 71.6 Å². The van der Waals surface area contributed by atoms with Crippen LogP contribution in [-0.2, 0) is 65.7 Å². The second-order valence-electron chi connectivity index (χ2n) is 25.9. The molecule has 0 radical (unpaired) electrons. The third-order valence-electron chi connectivity index (χ3n) is 19.5. The van der Waals surface area contributed by atoms with Crippen molar-refractivity contribution in [1.29, 1.82) is 0 Å². The highest BCUT2D eigenvalue weighted by Gasteiger charge is 2.50. The van der Waals surface area contributed by atoms with Crippen LogP contribution in [0.2, 0.25) is 0 Å². The fourth-order valence-corrected chi connectivity index (χ4v) is 13.9. The van der Waals surface area contributed by atoms with Gasteiger partial charge in [0.25, 0.3) is 0 Å². The maximum atomic E-state index is 14.8. The van der Waals surface area contributed by atoms with Crippen LogP contribution in [0.5, 0.6) is 0 Å². The van der Waals surface area contributed by atoms with Crippen molar-refractivity contribution in [2.75, 3.05) is 73.4 Å². The monoisotopic (exact) mass is 1320 g/mol. The first kappa shape index (κ1) is 74.4. The van der Waals surface area contributed by atoms with Crippen molar-refractivity contribution in [2.45, 2.75) is 184 Å². The molecule has 4 aliphatic heterocycles. The number of fused-ring (bicyclic) bond motifs is 2. The standard InChI is InChI=1S/C74H105N11O11/c1-5-60(76-4)69(88)83-67-57(39-42-78-50-53-23-12-7-13-24-53)31-33-58-34-36-61(84(58)74(67)93)70(89)80-64(54-25-14-8-15-26-54)63(86)29-18-19-43-94-45-47-96-48-46-95-44-20-40-79-72(91)65(55-27-16-9-17-28-55)81-71(90)62-37-35-59-32-30-56(38-41-77-49-52-21-10-6-11-22-52)66(73(92)85(59)62)82-68(87)51(2)75-3/h6-17,21-28,51,56-62,64-67,75-78H,5,18-20,29-50H2,1-4H3,(H,79,91)(H,80,89)(H,81,90)(H,82,87)(H,83,88)/t51-,56+,57+,58-,59-,60-,61-,62-,64-,65-,66-,67-/m0/s1. The summed E-state index contributed by atoms with van der Waals surface area (Å²) in [6.07, 6.45) is 8.78. The molecule has 4 saturated heterocycles. The molecule has 4 aliphatic rings. The molecule has 96 heavy (non-hydrogen) atoms. The number of carbonyl (C=O) groups is 8. The molecule has 12 atom stereocenters. The number of ether oxygens (including phenoxy) is 3. The summed E-state index contributed by atoms with van der Waals surface area (Å²) in [5.74, 6) is -2.65. The topological polar surface area (TPSA) is 279 Å². The molecular weight excluding hydrogens is 1220 g/mol. The maximum absolute atomic E-state index is 14.8. The van der Waals surface area contributed by atoms with Gasteiger partial charge in [-0.15, -0.1) is 0 Å². The van der Waals surface area contributed by atoms with Crippen molar-refractivity contribution in [2.24, 2.45) is 11.8 Å². The molecule has 0 saturated carbocycles. The number of nitrogens with zero attached hydrogens (tertiary/aromatic N) is 2. The third-order valence-corrected chi connectivity index (χ3v) is 19.5. The summed E-state index contributed by atoms with van der Waals surface area (Å²) in [6, 6.07) is 32.0. The number of hydrogen-bond donors (Lipinski definition) is 9. The van der Waals surface area contributed by atoms with Crippen molar-refractivity contribution in [3.63, 3.8) is 0 Å². The van der Waals surface area contributed by atoms with Crippen LogP contribution in [0.1, 0.15) is 144 Å². The van der Waals surface area contributed by atoms with Crippen molar-refractivity contribution in [3.05, 3.63) is 144 Å². The van der Waals surface area contributed by atoms with Crippen LogP contribution in [0.3, 0.4) is 0 Å². The molecule has 22 heteroatoms. The number of rotatable bonds is 40. The molecule has 22 nitrogen and oxygen atoms in total. The van der Waals surface area contributed by atoms with Gasteiger partial charge in [0.05, 0.1) is 38.5 Å². The number of nitrogens with one attached hydrogen (secondary N) is 9. The number of unbranched alkanes of at least 4 members (excludes halogenated alkanes) is 1. The molecule has 4 fully saturated rings. The molecular formula is C74H105N11O11. The van der Waals surface area contributed by atoms with Crippen molar-refractivity contribution < 1.29 is 52.6 Å². The molecule has 9 N–H and O–H groups in total. The van der Waals surface area contributed by atoms with Gasteiger partial charge in [0, 0.05) is 51.4 Å². The molecule has 0 bridgehead atoms. The largest absolute Gasteiger partial charge is 0.379 e. The summed E-state index contributed by atoms with van der Waals surface area (Å²) in [6.45, 7) is 8.78. The Hall–Kier alpha value is -7.44. The van der Waals surface area contributed by atoms with Gasteiger partial charge in [-0.3, -0.25) is 38.4 Å². The fraction of sp³-hybridized carbons (Fsp3) is 0.568. The Kier molecular flexibility index (Phi) is 30.7. The minimum absolute atomic E-state index is 0.136.